The number of hydrogen-bond acceptors (Lipinski definition) is 3. The van der Waals surface area contributed by atoms with E-state index in [4.69, 9.17) is 10.2 Å². The zero-order valence-corrected chi connectivity index (χ0v) is 5.70. The molecular formula is C6H10N2O2. The van der Waals surface area contributed by atoms with Gasteiger partial charge in [0.1, 0.15) is 0 Å². The van der Waals surface area contributed by atoms with E-state index in [-0.39, 0.29) is 6.61 Å². The highest BCUT2D eigenvalue weighted by Crippen LogP contribution is 2.12. The van der Waals surface area contributed by atoms with Crippen LogP contribution in [-0.4, -0.2) is 20.4 Å². The molecule has 1 aromatic heterocycles. The van der Waals surface area contributed by atoms with Gasteiger partial charge in [-0.2, -0.15) is 5.10 Å². The molecule has 0 aromatic carbocycles. The van der Waals surface area contributed by atoms with Crippen LogP contribution < -0.4 is 0 Å². The number of aliphatic hydroxyl groups is 2. The molecule has 0 aliphatic rings. The zero-order valence-electron chi connectivity index (χ0n) is 5.70. The summed E-state index contributed by atoms with van der Waals surface area (Å²) >= 11 is 0. The third-order valence-electron chi connectivity index (χ3n) is 1.34. The van der Waals surface area contributed by atoms with E-state index in [9.17, 15) is 0 Å². The van der Waals surface area contributed by atoms with E-state index in [0.717, 1.165) is 0 Å². The molecule has 1 heterocycles. The number of aromatic amines is 1. The van der Waals surface area contributed by atoms with E-state index in [1.54, 1.807) is 6.92 Å². The molecule has 0 aliphatic heterocycles. The molecule has 1 rings (SSSR count). The van der Waals surface area contributed by atoms with Crippen molar-refractivity contribution in [2.45, 2.75) is 19.6 Å². The molecule has 1 aromatic rings. The number of aromatic nitrogens is 2. The molecule has 56 valence electrons. The fourth-order valence-electron chi connectivity index (χ4n) is 0.809. The van der Waals surface area contributed by atoms with Gasteiger partial charge in [0.05, 0.1) is 24.6 Å². The predicted octanol–water partition coefficient (Wildman–Crippen LogP) is -0.0447. The summed E-state index contributed by atoms with van der Waals surface area (Å²) in [5, 5.41) is 24.0. The molecule has 0 amide bonds. The molecule has 0 bridgehead atoms. The van der Waals surface area contributed by atoms with Crippen molar-refractivity contribution in [2.75, 3.05) is 0 Å². The molecule has 3 N–H and O–H groups in total. The van der Waals surface area contributed by atoms with Crippen LogP contribution in [0, 0.1) is 0 Å². The number of aliphatic hydroxyl groups excluding tert-OH is 2. The molecule has 0 saturated carbocycles. The van der Waals surface area contributed by atoms with Gasteiger partial charge < -0.3 is 10.2 Å². The molecule has 1 unspecified atom stereocenters. The first kappa shape index (κ1) is 7.24. The molecule has 0 spiro atoms. The Morgan fingerprint density at radius 2 is 2.50 bits per heavy atom. The summed E-state index contributed by atoms with van der Waals surface area (Å²) in [7, 11) is 0. The molecule has 4 nitrogen and oxygen atoms in total. The van der Waals surface area contributed by atoms with Crippen LogP contribution >= 0.6 is 0 Å². The fourth-order valence-corrected chi connectivity index (χ4v) is 0.809. The van der Waals surface area contributed by atoms with E-state index in [1.165, 1.54) is 6.20 Å². The maximum Gasteiger partial charge on any atom is 0.0929 e. The van der Waals surface area contributed by atoms with Crippen LogP contribution in [0.15, 0.2) is 6.20 Å². The normalized spacial score (nSPS) is 13.5. The van der Waals surface area contributed by atoms with Crippen molar-refractivity contribution in [2.24, 2.45) is 0 Å². The maximum absolute atomic E-state index is 9.04. The van der Waals surface area contributed by atoms with E-state index in [2.05, 4.69) is 10.2 Å². The van der Waals surface area contributed by atoms with Crippen molar-refractivity contribution in [3.8, 4) is 0 Å². The Hall–Kier alpha value is -0.870. The van der Waals surface area contributed by atoms with E-state index in [1.807, 2.05) is 0 Å². The number of nitrogens with one attached hydrogen (secondary N) is 1. The number of H-pyrrole nitrogens is 1. The highest BCUT2D eigenvalue weighted by Gasteiger charge is 2.07. The lowest BCUT2D eigenvalue weighted by Gasteiger charge is -2.01. The zero-order chi connectivity index (χ0) is 7.56. The van der Waals surface area contributed by atoms with Crippen LogP contribution in [0.1, 0.15) is 24.3 Å². The molecule has 1 atom stereocenters. The quantitative estimate of drug-likeness (QED) is 0.542. The topological polar surface area (TPSA) is 69.1 Å². The third-order valence-corrected chi connectivity index (χ3v) is 1.34. The summed E-state index contributed by atoms with van der Waals surface area (Å²) < 4.78 is 0. The summed E-state index contributed by atoms with van der Waals surface area (Å²) in [5.74, 6) is 0. The standard InChI is InChI=1S/C6H10N2O2/c1-4(10)6-5(3-9)2-7-8-6/h2,4,9-10H,3H2,1H3,(H,7,8). The third kappa shape index (κ3) is 1.17. The maximum atomic E-state index is 9.04. The van der Waals surface area contributed by atoms with Gasteiger partial charge in [-0.1, -0.05) is 0 Å². The minimum atomic E-state index is -0.593. The molecule has 0 radical (unpaired) electrons. The number of rotatable bonds is 2. The van der Waals surface area contributed by atoms with Crippen LogP contribution in [0.25, 0.3) is 0 Å². The summed E-state index contributed by atoms with van der Waals surface area (Å²) in [6.07, 6.45) is 0.909. The Morgan fingerprint density at radius 3 is 2.90 bits per heavy atom. The van der Waals surface area contributed by atoms with Crippen LogP contribution in [-0.2, 0) is 6.61 Å². The number of nitrogens with zero attached hydrogens (tertiary/aromatic N) is 1. The summed E-state index contributed by atoms with van der Waals surface area (Å²) in [6.45, 7) is 1.53. The minimum Gasteiger partial charge on any atom is -0.392 e. The first-order valence-corrected chi connectivity index (χ1v) is 3.06. The smallest absolute Gasteiger partial charge is 0.0929 e. The molecule has 4 heteroatoms. The first-order chi connectivity index (χ1) is 4.75. The van der Waals surface area contributed by atoms with Gasteiger partial charge in [-0.25, -0.2) is 0 Å². The Balaban J connectivity index is 2.90. The Labute approximate surface area is 58.5 Å². The van der Waals surface area contributed by atoms with Gasteiger partial charge in [0, 0.05) is 5.56 Å². The molecule has 0 saturated heterocycles. The Bertz CT molecular complexity index is 207. The lowest BCUT2D eigenvalue weighted by atomic mass is 10.2. The monoisotopic (exact) mass is 142 g/mol. The lowest BCUT2D eigenvalue weighted by Crippen LogP contribution is -1.96. The largest absolute Gasteiger partial charge is 0.392 e. The van der Waals surface area contributed by atoms with Crippen molar-refractivity contribution in [3.05, 3.63) is 17.5 Å². The van der Waals surface area contributed by atoms with Crippen molar-refractivity contribution >= 4 is 0 Å². The van der Waals surface area contributed by atoms with E-state index < -0.39 is 6.10 Å². The SMILES string of the molecule is CC(O)c1[nH]ncc1CO. The molecular weight excluding hydrogens is 132 g/mol. The van der Waals surface area contributed by atoms with E-state index in [0.29, 0.717) is 11.3 Å². The second-order valence-corrected chi connectivity index (χ2v) is 2.14. The minimum absolute atomic E-state index is 0.0866. The predicted molar refractivity (Wildman–Crippen MR) is 35.1 cm³/mol. The summed E-state index contributed by atoms with van der Waals surface area (Å²) in [4.78, 5) is 0. The van der Waals surface area contributed by atoms with Crippen molar-refractivity contribution in [3.63, 3.8) is 0 Å². The van der Waals surface area contributed by atoms with Crippen molar-refractivity contribution < 1.29 is 10.2 Å². The second-order valence-electron chi connectivity index (χ2n) is 2.14. The van der Waals surface area contributed by atoms with Gasteiger partial charge in [0.15, 0.2) is 0 Å². The van der Waals surface area contributed by atoms with Crippen molar-refractivity contribution in [1.82, 2.24) is 10.2 Å². The van der Waals surface area contributed by atoms with Crippen LogP contribution in [0.4, 0.5) is 0 Å². The van der Waals surface area contributed by atoms with Gasteiger partial charge in [0.25, 0.3) is 0 Å². The van der Waals surface area contributed by atoms with Crippen LogP contribution in [0.5, 0.6) is 0 Å². The van der Waals surface area contributed by atoms with Crippen LogP contribution in [0.3, 0.4) is 0 Å². The Morgan fingerprint density at radius 1 is 1.80 bits per heavy atom. The summed E-state index contributed by atoms with van der Waals surface area (Å²) in [5.41, 5.74) is 1.23. The Kier molecular flexibility index (Phi) is 2.03. The molecule has 10 heavy (non-hydrogen) atoms. The van der Waals surface area contributed by atoms with Gasteiger partial charge in [-0.05, 0) is 6.92 Å². The highest BCUT2D eigenvalue weighted by molar-refractivity contribution is 5.16. The number of hydrogen-bond donors (Lipinski definition) is 3. The van der Waals surface area contributed by atoms with Crippen molar-refractivity contribution in [1.29, 1.82) is 0 Å². The van der Waals surface area contributed by atoms with Gasteiger partial charge in [-0.3, -0.25) is 5.10 Å². The first-order valence-electron chi connectivity index (χ1n) is 3.06. The van der Waals surface area contributed by atoms with E-state index >= 15 is 0 Å². The fraction of sp³-hybridized carbons (Fsp3) is 0.500. The van der Waals surface area contributed by atoms with Gasteiger partial charge in [-0.15, -0.1) is 0 Å². The lowest BCUT2D eigenvalue weighted by molar-refractivity contribution is 0.189. The van der Waals surface area contributed by atoms with Gasteiger partial charge >= 0.3 is 0 Å². The molecule has 0 aliphatic carbocycles. The second kappa shape index (κ2) is 2.81. The average molecular weight is 142 g/mol. The summed E-state index contributed by atoms with van der Waals surface area (Å²) in [6, 6.07) is 0. The average Bonchev–Trinajstić information content (AvgIpc) is 2.33. The van der Waals surface area contributed by atoms with Gasteiger partial charge in [0.2, 0.25) is 0 Å². The molecule has 0 fully saturated rings. The highest BCUT2D eigenvalue weighted by atomic mass is 16.3. The van der Waals surface area contributed by atoms with Crippen LogP contribution in [0.2, 0.25) is 0 Å².